The molecule has 1 aromatic carbocycles. The van der Waals surface area contributed by atoms with Gasteiger partial charge in [-0.1, -0.05) is 39.0 Å². The number of benzene rings is 1. The van der Waals surface area contributed by atoms with Gasteiger partial charge in [-0.15, -0.1) is 0 Å². The molecule has 6 nitrogen and oxygen atoms in total. The molecule has 2 aliphatic rings. The quantitative estimate of drug-likeness (QED) is 0.766. The molecule has 0 unspecified atom stereocenters. The van der Waals surface area contributed by atoms with Gasteiger partial charge in [-0.05, 0) is 48.9 Å². The third-order valence-electron chi connectivity index (χ3n) is 6.81. The van der Waals surface area contributed by atoms with Crippen molar-refractivity contribution >= 4 is 11.6 Å². The van der Waals surface area contributed by atoms with Crippen molar-refractivity contribution in [1.82, 2.24) is 9.88 Å². The van der Waals surface area contributed by atoms with E-state index in [2.05, 4.69) is 16.0 Å². The number of aryl methyl sites for hydroxylation is 1. The van der Waals surface area contributed by atoms with E-state index in [1.54, 1.807) is 12.4 Å². The number of amides is 1. The summed E-state index contributed by atoms with van der Waals surface area (Å²) in [6.45, 7) is 8.59. The van der Waals surface area contributed by atoms with Gasteiger partial charge in [0.25, 0.3) is 0 Å². The van der Waals surface area contributed by atoms with Gasteiger partial charge in [0, 0.05) is 55.2 Å². The highest BCUT2D eigenvalue weighted by Crippen LogP contribution is 2.35. The first kappa shape index (κ1) is 22.9. The number of aliphatic hydroxyl groups excluding tert-OH is 1. The van der Waals surface area contributed by atoms with Gasteiger partial charge in [-0.25, -0.2) is 0 Å². The number of rotatable bonds is 4. The van der Waals surface area contributed by atoms with Crippen LogP contribution >= 0.6 is 0 Å². The number of carbonyl (C=O) groups excluding carboxylic acids is 1. The Morgan fingerprint density at radius 3 is 2.59 bits per heavy atom. The zero-order chi connectivity index (χ0) is 22.9. The topological polar surface area (TPSA) is 76.9 Å². The molecule has 1 amide bonds. The Bertz CT molecular complexity index is 947. The Labute approximate surface area is 190 Å². The molecule has 0 spiro atoms. The summed E-state index contributed by atoms with van der Waals surface area (Å²) in [4.78, 5) is 21.1. The van der Waals surface area contributed by atoms with Crippen LogP contribution in [-0.2, 0) is 16.8 Å². The Kier molecular flexibility index (Phi) is 6.39. The van der Waals surface area contributed by atoms with E-state index in [0.29, 0.717) is 19.4 Å². The number of piperidine rings is 1. The van der Waals surface area contributed by atoms with Crippen molar-refractivity contribution in [3.63, 3.8) is 0 Å². The summed E-state index contributed by atoms with van der Waals surface area (Å²) in [6, 6.07) is 9.80. The minimum Gasteiger partial charge on any atom is -0.387 e. The van der Waals surface area contributed by atoms with Crippen LogP contribution in [0.1, 0.15) is 62.8 Å². The third-order valence-corrected chi connectivity index (χ3v) is 6.81. The van der Waals surface area contributed by atoms with Gasteiger partial charge in [0.15, 0.2) is 0 Å². The van der Waals surface area contributed by atoms with Crippen LogP contribution in [0.2, 0.25) is 0 Å². The van der Waals surface area contributed by atoms with E-state index in [4.69, 9.17) is 0 Å². The van der Waals surface area contributed by atoms with Crippen molar-refractivity contribution in [2.24, 2.45) is 5.41 Å². The van der Waals surface area contributed by atoms with Crippen LogP contribution in [0.4, 0.5) is 5.69 Å². The van der Waals surface area contributed by atoms with Crippen molar-refractivity contribution in [3.8, 4) is 0 Å². The molecule has 0 bridgehead atoms. The first-order valence-electron chi connectivity index (χ1n) is 11.7. The number of likely N-dealkylation sites (tertiary alicyclic amines) is 1. The number of nitrogens with zero attached hydrogens (tertiary/aromatic N) is 3. The average molecular weight is 438 g/mol. The molecule has 172 valence electrons. The highest BCUT2D eigenvalue weighted by atomic mass is 16.3. The van der Waals surface area contributed by atoms with E-state index < -0.39 is 17.1 Å². The molecule has 4 rings (SSSR count). The Morgan fingerprint density at radius 1 is 1.19 bits per heavy atom. The number of anilines is 1. The number of β-amino-alcohol motifs (C(OH)–C–C–N with tert-alkyl or cyclic N) is 1. The standard InChI is InChI=1S/C26H35N3O3/c1-25(2,3)24(31)29-13-5-6-19-16-20(8-9-22(19)29)23(30)18-28-14-10-26(32,11-15-28)21-7-4-12-27-17-21/h4,7-9,12,16-17,23,30,32H,5-6,10-11,13-15,18H2,1-3H3/t23-/m1/s1. The average Bonchev–Trinajstić information content (AvgIpc) is 2.79. The number of pyridine rings is 1. The molecule has 2 N–H and O–H groups in total. The van der Waals surface area contributed by atoms with Crippen LogP contribution in [0.3, 0.4) is 0 Å². The van der Waals surface area contributed by atoms with E-state index in [0.717, 1.165) is 54.9 Å². The van der Waals surface area contributed by atoms with Crippen molar-refractivity contribution in [2.45, 2.75) is 58.2 Å². The molecule has 6 heteroatoms. The highest BCUT2D eigenvalue weighted by molar-refractivity contribution is 5.98. The first-order chi connectivity index (χ1) is 15.2. The van der Waals surface area contributed by atoms with Crippen LogP contribution in [0.15, 0.2) is 42.7 Å². The summed E-state index contributed by atoms with van der Waals surface area (Å²) in [6.07, 6.45) is 5.97. The second-order valence-corrected chi connectivity index (χ2v) is 10.3. The van der Waals surface area contributed by atoms with E-state index in [9.17, 15) is 15.0 Å². The molecule has 0 radical (unpaired) electrons. The zero-order valence-electron chi connectivity index (χ0n) is 19.4. The van der Waals surface area contributed by atoms with Gasteiger partial charge in [0.05, 0.1) is 11.7 Å². The van der Waals surface area contributed by atoms with Crippen LogP contribution in [0.5, 0.6) is 0 Å². The van der Waals surface area contributed by atoms with E-state index in [-0.39, 0.29) is 5.91 Å². The lowest BCUT2D eigenvalue weighted by molar-refractivity contribution is -0.125. The molecule has 1 aromatic heterocycles. The van der Waals surface area contributed by atoms with Gasteiger partial charge < -0.3 is 20.0 Å². The number of hydrogen-bond acceptors (Lipinski definition) is 5. The van der Waals surface area contributed by atoms with Gasteiger partial charge in [0.2, 0.25) is 5.91 Å². The largest absolute Gasteiger partial charge is 0.387 e. The van der Waals surface area contributed by atoms with Gasteiger partial charge >= 0.3 is 0 Å². The molecule has 2 aliphatic heterocycles. The van der Waals surface area contributed by atoms with Crippen molar-refractivity contribution in [3.05, 3.63) is 59.4 Å². The summed E-state index contributed by atoms with van der Waals surface area (Å²) < 4.78 is 0. The first-order valence-corrected chi connectivity index (χ1v) is 11.7. The van der Waals surface area contributed by atoms with Crippen LogP contribution in [-0.4, -0.2) is 52.2 Å². The summed E-state index contributed by atoms with van der Waals surface area (Å²) >= 11 is 0. The number of hydrogen-bond donors (Lipinski definition) is 2. The predicted molar refractivity (Wildman–Crippen MR) is 125 cm³/mol. The second-order valence-electron chi connectivity index (χ2n) is 10.3. The molecular weight excluding hydrogens is 402 g/mol. The van der Waals surface area contributed by atoms with Crippen LogP contribution < -0.4 is 4.90 Å². The fraction of sp³-hybridized carbons (Fsp3) is 0.538. The smallest absolute Gasteiger partial charge is 0.232 e. The maximum atomic E-state index is 12.9. The van der Waals surface area contributed by atoms with Crippen molar-refractivity contribution in [1.29, 1.82) is 0 Å². The number of aliphatic hydroxyl groups is 2. The Morgan fingerprint density at radius 2 is 1.94 bits per heavy atom. The molecule has 1 saturated heterocycles. The number of aromatic nitrogens is 1. The second kappa shape index (κ2) is 8.93. The molecule has 1 fully saturated rings. The molecular formula is C26H35N3O3. The number of carbonyl (C=O) groups is 1. The molecule has 1 atom stereocenters. The maximum absolute atomic E-state index is 12.9. The normalized spacial score (nSPS) is 20.0. The van der Waals surface area contributed by atoms with Gasteiger partial charge in [-0.2, -0.15) is 0 Å². The van der Waals surface area contributed by atoms with E-state index >= 15 is 0 Å². The minimum absolute atomic E-state index is 0.140. The SMILES string of the molecule is CC(C)(C)C(=O)N1CCCc2cc([C@H](O)CN3CCC(O)(c4cccnc4)CC3)ccc21. The van der Waals surface area contributed by atoms with Crippen molar-refractivity contribution < 1.29 is 15.0 Å². The van der Waals surface area contributed by atoms with E-state index in [1.807, 2.05) is 49.9 Å². The molecule has 32 heavy (non-hydrogen) atoms. The zero-order valence-corrected chi connectivity index (χ0v) is 19.4. The fourth-order valence-electron chi connectivity index (χ4n) is 4.82. The van der Waals surface area contributed by atoms with Crippen LogP contribution in [0, 0.1) is 5.41 Å². The van der Waals surface area contributed by atoms with E-state index in [1.165, 1.54) is 0 Å². The maximum Gasteiger partial charge on any atom is 0.232 e. The predicted octanol–water partition coefficient (Wildman–Crippen LogP) is 3.42. The van der Waals surface area contributed by atoms with Crippen LogP contribution in [0.25, 0.3) is 0 Å². The monoisotopic (exact) mass is 437 g/mol. The number of fused-ring (bicyclic) bond motifs is 1. The van der Waals surface area contributed by atoms with Gasteiger partial charge in [-0.3, -0.25) is 9.78 Å². The minimum atomic E-state index is -0.843. The third kappa shape index (κ3) is 4.72. The Hall–Kier alpha value is -2.28. The fourth-order valence-corrected chi connectivity index (χ4v) is 4.82. The summed E-state index contributed by atoms with van der Waals surface area (Å²) in [5.41, 5.74) is 2.61. The molecule has 3 heterocycles. The Balaban J connectivity index is 1.41. The summed E-state index contributed by atoms with van der Waals surface area (Å²) in [5, 5.41) is 21.9. The summed E-state index contributed by atoms with van der Waals surface area (Å²) in [5.74, 6) is 0.140. The lowest BCUT2D eigenvalue weighted by atomic mass is 9.85. The highest BCUT2D eigenvalue weighted by Gasteiger charge is 2.35. The van der Waals surface area contributed by atoms with Crippen molar-refractivity contribution in [2.75, 3.05) is 31.1 Å². The molecule has 2 aromatic rings. The lowest BCUT2D eigenvalue weighted by Gasteiger charge is -2.39. The lowest BCUT2D eigenvalue weighted by Crippen LogP contribution is -2.44. The molecule has 0 aliphatic carbocycles. The van der Waals surface area contributed by atoms with Gasteiger partial charge in [0.1, 0.15) is 0 Å². The molecule has 0 saturated carbocycles. The summed E-state index contributed by atoms with van der Waals surface area (Å²) in [7, 11) is 0.